The van der Waals surface area contributed by atoms with Gasteiger partial charge in [-0.1, -0.05) is 25.1 Å². The van der Waals surface area contributed by atoms with Crippen LogP contribution in [0.25, 0.3) is 0 Å². The highest BCUT2D eigenvalue weighted by Crippen LogP contribution is 2.35. The maximum Gasteiger partial charge on any atom is 0.147 e. The van der Waals surface area contributed by atoms with E-state index in [1.165, 1.54) is 0 Å². The van der Waals surface area contributed by atoms with Crippen LogP contribution in [-0.2, 0) is 6.54 Å². The van der Waals surface area contributed by atoms with Crippen molar-refractivity contribution in [3.63, 3.8) is 0 Å². The van der Waals surface area contributed by atoms with E-state index in [2.05, 4.69) is 56.2 Å². The number of benzene rings is 3. The van der Waals surface area contributed by atoms with Crippen LogP contribution in [0.1, 0.15) is 18.9 Å². The molecule has 0 aliphatic heterocycles. The third-order valence-corrected chi connectivity index (χ3v) is 5.02. The summed E-state index contributed by atoms with van der Waals surface area (Å²) in [5.74, 6) is 2.50. The molecule has 3 aromatic rings. The molecule has 0 amide bonds. The average Bonchev–Trinajstić information content (AvgIpc) is 2.68. The third-order valence-electron chi connectivity index (χ3n) is 3.84. The van der Waals surface area contributed by atoms with Crippen LogP contribution in [0.15, 0.2) is 75.7 Å². The summed E-state index contributed by atoms with van der Waals surface area (Å²) in [5, 5.41) is 3.43. The molecule has 0 aliphatic carbocycles. The third kappa shape index (κ3) is 5.75. The fourth-order valence-electron chi connectivity index (χ4n) is 2.53. The molecule has 0 unspecified atom stereocenters. The maximum absolute atomic E-state index is 5.82. The number of rotatable bonds is 8. The van der Waals surface area contributed by atoms with Gasteiger partial charge < -0.3 is 14.8 Å². The van der Waals surface area contributed by atoms with Crippen LogP contribution in [0.3, 0.4) is 0 Å². The van der Waals surface area contributed by atoms with Crippen LogP contribution < -0.4 is 14.8 Å². The first-order valence-electron chi connectivity index (χ1n) is 8.83. The summed E-state index contributed by atoms with van der Waals surface area (Å²) in [6.07, 6.45) is 0.978. The summed E-state index contributed by atoms with van der Waals surface area (Å²) in [4.78, 5) is 0. The zero-order valence-electron chi connectivity index (χ0n) is 15.0. The first-order valence-corrected chi connectivity index (χ1v) is 10.4. The Kier molecular flexibility index (Phi) is 7.18. The van der Waals surface area contributed by atoms with Gasteiger partial charge in [0.05, 0.1) is 15.6 Å². The Labute approximate surface area is 177 Å². The van der Waals surface area contributed by atoms with Crippen molar-refractivity contribution in [2.24, 2.45) is 0 Å². The van der Waals surface area contributed by atoms with E-state index in [-0.39, 0.29) is 0 Å². The van der Waals surface area contributed by atoms with E-state index in [1.54, 1.807) is 0 Å². The summed E-state index contributed by atoms with van der Waals surface area (Å²) in [7, 11) is 0. The zero-order valence-corrected chi connectivity index (χ0v) is 18.2. The van der Waals surface area contributed by atoms with Crippen molar-refractivity contribution < 1.29 is 9.47 Å². The average molecular weight is 491 g/mol. The van der Waals surface area contributed by atoms with Crippen molar-refractivity contribution in [3.05, 3.63) is 81.2 Å². The van der Waals surface area contributed by atoms with Crippen molar-refractivity contribution in [1.82, 2.24) is 0 Å². The summed E-state index contributed by atoms with van der Waals surface area (Å²) in [6.45, 7) is 3.51. The van der Waals surface area contributed by atoms with Gasteiger partial charge in [-0.2, -0.15) is 0 Å². The summed E-state index contributed by atoms with van der Waals surface area (Å²) in [5.41, 5.74) is 2.19. The minimum Gasteiger partial charge on any atom is -0.491 e. The lowest BCUT2D eigenvalue weighted by atomic mass is 10.2. The molecule has 0 fully saturated rings. The summed E-state index contributed by atoms with van der Waals surface area (Å²) in [6, 6.07) is 21.9. The minimum absolute atomic E-state index is 0.701. The van der Waals surface area contributed by atoms with E-state index < -0.39 is 0 Å². The number of halogens is 2. The molecular weight excluding hydrogens is 470 g/mol. The topological polar surface area (TPSA) is 30.5 Å². The van der Waals surface area contributed by atoms with Crippen LogP contribution in [-0.4, -0.2) is 6.61 Å². The highest BCUT2D eigenvalue weighted by molar-refractivity contribution is 9.11. The molecule has 0 atom stereocenters. The van der Waals surface area contributed by atoms with Crippen molar-refractivity contribution in [1.29, 1.82) is 0 Å². The molecule has 0 aliphatic rings. The molecule has 3 rings (SSSR count). The normalized spacial score (nSPS) is 10.5. The monoisotopic (exact) mass is 489 g/mol. The zero-order chi connectivity index (χ0) is 19.1. The lowest BCUT2D eigenvalue weighted by Gasteiger charge is -2.13. The SMILES string of the molecule is CCCOc1c(Br)cc(CNc2ccc(Oc3ccccc3)cc2)cc1Br. The molecule has 0 bridgehead atoms. The van der Waals surface area contributed by atoms with E-state index in [9.17, 15) is 0 Å². The number of hydrogen-bond donors (Lipinski definition) is 1. The van der Waals surface area contributed by atoms with Gasteiger partial charge in [0, 0.05) is 12.2 Å². The van der Waals surface area contributed by atoms with Crippen molar-refractivity contribution >= 4 is 37.5 Å². The number of anilines is 1. The van der Waals surface area contributed by atoms with Gasteiger partial charge in [0.1, 0.15) is 17.2 Å². The first-order chi connectivity index (χ1) is 13.2. The Bertz CT molecular complexity index is 844. The van der Waals surface area contributed by atoms with E-state index >= 15 is 0 Å². The van der Waals surface area contributed by atoms with Crippen molar-refractivity contribution in [2.45, 2.75) is 19.9 Å². The first kappa shape index (κ1) is 19.8. The van der Waals surface area contributed by atoms with E-state index in [1.807, 2.05) is 54.6 Å². The number of ether oxygens (including phenoxy) is 2. The number of para-hydroxylation sites is 1. The molecule has 3 aromatic carbocycles. The van der Waals surface area contributed by atoms with Crippen molar-refractivity contribution in [2.75, 3.05) is 11.9 Å². The Morgan fingerprint density at radius 2 is 1.48 bits per heavy atom. The molecule has 0 saturated heterocycles. The smallest absolute Gasteiger partial charge is 0.147 e. The maximum atomic E-state index is 5.82. The largest absolute Gasteiger partial charge is 0.491 e. The molecule has 0 heterocycles. The standard InChI is InChI=1S/C22H21Br2NO2/c1-2-12-26-22-20(23)13-16(14-21(22)24)15-25-17-8-10-19(11-9-17)27-18-6-4-3-5-7-18/h3-11,13-14,25H,2,12,15H2,1H3. The lowest BCUT2D eigenvalue weighted by Crippen LogP contribution is -2.01. The molecule has 140 valence electrons. The molecule has 5 heteroatoms. The molecule has 27 heavy (non-hydrogen) atoms. The Morgan fingerprint density at radius 3 is 2.11 bits per heavy atom. The number of nitrogens with one attached hydrogen (secondary N) is 1. The van der Waals surface area contributed by atoms with Gasteiger partial charge in [0.15, 0.2) is 0 Å². The van der Waals surface area contributed by atoms with Gasteiger partial charge >= 0.3 is 0 Å². The molecular formula is C22H21Br2NO2. The van der Waals surface area contributed by atoms with Gasteiger partial charge in [-0.15, -0.1) is 0 Å². The summed E-state index contributed by atoms with van der Waals surface area (Å²) < 4.78 is 13.5. The quantitative estimate of drug-likeness (QED) is 0.356. The van der Waals surface area contributed by atoms with E-state index in [0.29, 0.717) is 13.2 Å². The summed E-state index contributed by atoms with van der Waals surface area (Å²) >= 11 is 7.19. The second-order valence-electron chi connectivity index (χ2n) is 6.03. The van der Waals surface area contributed by atoms with Gasteiger partial charge in [-0.3, -0.25) is 0 Å². The van der Waals surface area contributed by atoms with Crippen LogP contribution in [0.4, 0.5) is 5.69 Å². The highest BCUT2D eigenvalue weighted by atomic mass is 79.9. The fourth-order valence-corrected chi connectivity index (χ4v) is 4.04. The van der Waals surface area contributed by atoms with Crippen LogP contribution in [0.2, 0.25) is 0 Å². The van der Waals surface area contributed by atoms with Crippen LogP contribution in [0, 0.1) is 0 Å². The Balaban J connectivity index is 1.60. The van der Waals surface area contributed by atoms with Crippen LogP contribution >= 0.6 is 31.9 Å². The van der Waals surface area contributed by atoms with Crippen molar-refractivity contribution in [3.8, 4) is 17.2 Å². The Morgan fingerprint density at radius 1 is 0.852 bits per heavy atom. The number of hydrogen-bond acceptors (Lipinski definition) is 3. The van der Waals surface area contributed by atoms with E-state index in [4.69, 9.17) is 9.47 Å². The predicted octanol–water partition coefficient (Wildman–Crippen LogP) is 7.40. The van der Waals surface area contributed by atoms with E-state index in [0.717, 1.165) is 43.9 Å². The van der Waals surface area contributed by atoms with Gasteiger partial charge in [-0.25, -0.2) is 0 Å². The Hall–Kier alpha value is -1.98. The molecule has 0 radical (unpaired) electrons. The van der Waals surface area contributed by atoms with Gasteiger partial charge in [0.25, 0.3) is 0 Å². The van der Waals surface area contributed by atoms with Gasteiger partial charge in [-0.05, 0) is 92.4 Å². The minimum atomic E-state index is 0.701. The second-order valence-corrected chi connectivity index (χ2v) is 7.74. The van der Waals surface area contributed by atoms with Crippen LogP contribution in [0.5, 0.6) is 17.2 Å². The van der Waals surface area contributed by atoms with Gasteiger partial charge in [0.2, 0.25) is 0 Å². The molecule has 0 spiro atoms. The fraction of sp³-hybridized carbons (Fsp3) is 0.182. The second kappa shape index (κ2) is 9.81. The molecule has 0 aromatic heterocycles. The molecule has 0 saturated carbocycles. The predicted molar refractivity (Wildman–Crippen MR) is 118 cm³/mol. The lowest BCUT2D eigenvalue weighted by molar-refractivity contribution is 0.313. The highest BCUT2D eigenvalue weighted by Gasteiger charge is 2.09. The molecule has 1 N–H and O–H groups in total. The molecule has 3 nitrogen and oxygen atoms in total.